The molecule has 2 atom stereocenters. The minimum atomic E-state index is -2.33. The lowest BCUT2D eigenvalue weighted by molar-refractivity contribution is 0.143. The minimum absolute atomic E-state index is 0.115. The second-order valence-corrected chi connectivity index (χ2v) is 12.8. The zero-order valence-electron chi connectivity index (χ0n) is 14.4. The van der Waals surface area contributed by atoms with E-state index in [9.17, 15) is 0 Å². The van der Waals surface area contributed by atoms with Gasteiger partial charge < -0.3 is 14.2 Å². The molecule has 0 saturated heterocycles. The Morgan fingerprint density at radius 3 is 1.71 bits per heavy atom. The Bertz CT molecular complexity index is 289. The maximum atomic E-state index is 8.95. The van der Waals surface area contributed by atoms with Crippen LogP contribution in [0.2, 0.25) is 0 Å². The summed E-state index contributed by atoms with van der Waals surface area (Å²) in [7, 11) is 0. The lowest BCUT2D eigenvalue weighted by Crippen LogP contribution is -2.14. The van der Waals surface area contributed by atoms with E-state index in [-0.39, 0.29) is 18.8 Å². The average molecular weight is 357 g/mol. The average Bonchev–Trinajstić information content (AvgIpc) is 2.25. The fourth-order valence-electron chi connectivity index (χ4n) is 2.18. The van der Waals surface area contributed by atoms with Crippen molar-refractivity contribution >= 4 is 28.9 Å². The van der Waals surface area contributed by atoms with Crippen molar-refractivity contribution in [1.29, 1.82) is 0 Å². The van der Waals surface area contributed by atoms with Crippen LogP contribution in [0.1, 0.15) is 60.8 Å². The largest absolute Gasteiger partial charge is 0.396 e. The van der Waals surface area contributed by atoms with E-state index in [0.29, 0.717) is 11.8 Å². The Labute approximate surface area is 140 Å². The van der Waals surface area contributed by atoms with Gasteiger partial charge in [-0.15, -0.1) is 0 Å². The van der Waals surface area contributed by atoms with Crippen LogP contribution in [0.25, 0.3) is 0 Å². The number of hydrogen-bond donors (Lipinski definition) is 1. The molecule has 0 saturated carbocycles. The van der Waals surface area contributed by atoms with Gasteiger partial charge in [-0.3, -0.25) is 0 Å². The molecule has 6 heteroatoms. The molecule has 0 aromatic carbocycles. The SMILES string of the molecule is CC(C)CC(C)OP(=S)(OC(C)CC(C)C)SCCCO. The van der Waals surface area contributed by atoms with Crippen LogP contribution in [0.3, 0.4) is 0 Å². The maximum Gasteiger partial charge on any atom is 0.247 e. The van der Waals surface area contributed by atoms with Gasteiger partial charge in [-0.05, 0) is 56.8 Å². The summed E-state index contributed by atoms with van der Waals surface area (Å²) in [4.78, 5) is 0. The third-order valence-corrected chi connectivity index (χ3v) is 8.28. The van der Waals surface area contributed by atoms with Crippen molar-refractivity contribution in [3.63, 3.8) is 0 Å². The first-order chi connectivity index (χ1) is 9.68. The second-order valence-electron chi connectivity index (χ2n) is 6.45. The van der Waals surface area contributed by atoms with Gasteiger partial charge in [-0.25, -0.2) is 0 Å². The van der Waals surface area contributed by atoms with Crippen LogP contribution in [0.4, 0.5) is 0 Å². The van der Waals surface area contributed by atoms with E-state index in [1.54, 1.807) is 11.4 Å². The molecule has 0 aliphatic heterocycles. The van der Waals surface area contributed by atoms with E-state index in [1.165, 1.54) is 0 Å². The molecule has 0 fully saturated rings. The highest BCUT2D eigenvalue weighted by molar-refractivity contribution is 8.67. The van der Waals surface area contributed by atoms with Crippen molar-refractivity contribution in [2.45, 2.75) is 73.0 Å². The lowest BCUT2D eigenvalue weighted by Gasteiger charge is -2.29. The molecule has 0 amide bonds. The van der Waals surface area contributed by atoms with Crippen molar-refractivity contribution in [2.75, 3.05) is 12.4 Å². The molecule has 128 valence electrons. The van der Waals surface area contributed by atoms with Gasteiger partial charge in [0.15, 0.2) is 0 Å². The molecule has 3 nitrogen and oxygen atoms in total. The summed E-state index contributed by atoms with van der Waals surface area (Å²) >= 11 is 7.30. The monoisotopic (exact) mass is 356 g/mol. The predicted molar refractivity (Wildman–Crippen MR) is 98.4 cm³/mol. The highest BCUT2D eigenvalue weighted by Gasteiger charge is 2.26. The molecule has 0 aliphatic rings. The molecule has 0 heterocycles. The summed E-state index contributed by atoms with van der Waals surface area (Å²) in [5, 5.41) is 8.95. The topological polar surface area (TPSA) is 38.7 Å². The van der Waals surface area contributed by atoms with Gasteiger partial charge in [0.1, 0.15) is 0 Å². The Kier molecular flexibility index (Phi) is 11.9. The van der Waals surface area contributed by atoms with Crippen LogP contribution >= 0.6 is 17.1 Å². The van der Waals surface area contributed by atoms with E-state index in [1.807, 2.05) is 0 Å². The molecule has 0 bridgehead atoms. The number of hydrogen-bond acceptors (Lipinski definition) is 5. The summed E-state index contributed by atoms with van der Waals surface area (Å²) in [5.41, 5.74) is -2.33. The summed E-state index contributed by atoms with van der Waals surface area (Å²) in [6.45, 7) is 13.1. The molecule has 0 rings (SSSR count). The third-order valence-electron chi connectivity index (χ3n) is 2.78. The van der Waals surface area contributed by atoms with Gasteiger partial charge in [0.25, 0.3) is 0 Å². The van der Waals surface area contributed by atoms with E-state index in [4.69, 9.17) is 26.0 Å². The normalized spacial score (nSPS) is 18.0. The van der Waals surface area contributed by atoms with Crippen LogP contribution in [0.5, 0.6) is 0 Å². The van der Waals surface area contributed by atoms with Gasteiger partial charge in [0.05, 0.1) is 12.2 Å². The van der Waals surface area contributed by atoms with Crippen LogP contribution < -0.4 is 0 Å². The standard InChI is InChI=1S/C15H33O3PS2/c1-12(2)10-14(5)17-19(20,21-9-7-8-16)18-15(6)11-13(3)4/h12-16H,7-11H2,1-6H3. The maximum absolute atomic E-state index is 8.95. The molecule has 0 aromatic heterocycles. The van der Waals surface area contributed by atoms with E-state index in [2.05, 4.69) is 41.5 Å². The predicted octanol–water partition coefficient (Wildman–Crippen LogP) is 5.23. The third kappa shape index (κ3) is 12.0. The number of aliphatic hydroxyl groups excluding tert-OH is 1. The van der Waals surface area contributed by atoms with Crippen molar-refractivity contribution < 1.29 is 14.2 Å². The zero-order chi connectivity index (χ0) is 16.5. The van der Waals surface area contributed by atoms with Gasteiger partial charge in [0, 0.05) is 12.4 Å². The molecule has 2 unspecified atom stereocenters. The molecule has 0 spiro atoms. The second kappa shape index (κ2) is 11.4. The molecule has 1 N–H and O–H groups in total. The smallest absolute Gasteiger partial charge is 0.247 e. The lowest BCUT2D eigenvalue weighted by atomic mass is 10.1. The minimum Gasteiger partial charge on any atom is -0.396 e. The molecule has 0 aliphatic carbocycles. The van der Waals surface area contributed by atoms with Crippen molar-refractivity contribution in [3.05, 3.63) is 0 Å². The van der Waals surface area contributed by atoms with Crippen molar-refractivity contribution in [2.24, 2.45) is 11.8 Å². The molecule has 21 heavy (non-hydrogen) atoms. The van der Waals surface area contributed by atoms with Crippen LogP contribution in [-0.4, -0.2) is 29.7 Å². The molecule has 0 radical (unpaired) electrons. The Balaban J connectivity index is 4.63. The fraction of sp³-hybridized carbons (Fsp3) is 1.00. The summed E-state index contributed by atoms with van der Waals surface area (Å²) in [6, 6.07) is 0. The van der Waals surface area contributed by atoms with Gasteiger partial charge in [-0.2, -0.15) is 0 Å². The van der Waals surface area contributed by atoms with Crippen LogP contribution in [-0.2, 0) is 20.9 Å². The van der Waals surface area contributed by atoms with E-state index >= 15 is 0 Å². The molecule has 0 aromatic rings. The van der Waals surface area contributed by atoms with Crippen LogP contribution in [0, 0.1) is 11.8 Å². The number of rotatable bonds is 12. The highest BCUT2D eigenvalue weighted by Crippen LogP contribution is 2.63. The first kappa shape index (κ1) is 21.9. The Morgan fingerprint density at radius 1 is 0.952 bits per heavy atom. The molecular formula is C15H33O3PS2. The van der Waals surface area contributed by atoms with Gasteiger partial charge in [0.2, 0.25) is 5.69 Å². The summed E-state index contributed by atoms with van der Waals surface area (Å²) < 4.78 is 12.3. The van der Waals surface area contributed by atoms with Crippen molar-refractivity contribution in [3.8, 4) is 0 Å². The first-order valence-electron chi connectivity index (χ1n) is 7.90. The van der Waals surface area contributed by atoms with E-state index in [0.717, 1.165) is 25.0 Å². The Morgan fingerprint density at radius 2 is 1.38 bits per heavy atom. The fourth-order valence-corrected chi connectivity index (χ4v) is 7.75. The zero-order valence-corrected chi connectivity index (χ0v) is 16.9. The quantitative estimate of drug-likeness (QED) is 0.383. The first-order valence-corrected chi connectivity index (χ1v) is 12.1. The highest BCUT2D eigenvalue weighted by atomic mass is 32.9. The van der Waals surface area contributed by atoms with Crippen molar-refractivity contribution in [1.82, 2.24) is 0 Å². The Hall–Kier alpha value is 0.880. The number of aliphatic hydroxyl groups is 1. The van der Waals surface area contributed by atoms with Crippen LogP contribution in [0.15, 0.2) is 0 Å². The van der Waals surface area contributed by atoms with Gasteiger partial charge >= 0.3 is 0 Å². The van der Waals surface area contributed by atoms with E-state index < -0.39 is 5.69 Å². The van der Waals surface area contributed by atoms with Gasteiger partial charge in [-0.1, -0.05) is 39.1 Å². The summed E-state index contributed by atoms with van der Waals surface area (Å²) in [6.07, 6.45) is 2.93. The molecular weight excluding hydrogens is 323 g/mol. The summed E-state index contributed by atoms with van der Waals surface area (Å²) in [5.74, 6) is 1.95.